The Morgan fingerprint density at radius 1 is 1.19 bits per heavy atom. The molecule has 2 aromatic heterocycles. The van der Waals surface area contributed by atoms with Gasteiger partial charge in [0.05, 0.1) is 5.92 Å². The van der Waals surface area contributed by atoms with Gasteiger partial charge in [-0.1, -0.05) is 23.5 Å². The van der Waals surface area contributed by atoms with Crippen molar-refractivity contribution in [3.8, 4) is 5.13 Å². The van der Waals surface area contributed by atoms with E-state index in [2.05, 4.69) is 20.4 Å². The van der Waals surface area contributed by atoms with Gasteiger partial charge in [-0.25, -0.2) is 4.39 Å². The number of carbonyl (C=O) groups excluding carboxylic acids is 1. The molecule has 0 unspecified atom stereocenters. The Hall–Kier alpha value is -2.74. The lowest BCUT2D eigenvalue weighted by atomic mass is 9.97. The largest absolute Gasteiger partial charge is 0.352 e. The molecule has 0 bridgehead atoms. The molecule has 0 radical (unpaired) electrons. The minimum Gasteiger partial charge on any atom is -0.352 e. The average Bonchev–Trinajstić information content (AvgIpc) is 3.39. The summed E-state index contributed by atoms with van der Waals surface area (Å²) < 4.78 is 14.9. The average molecular weight is 385 g/mol. The summed E-state index contributed by atoms with van der Waals surface area (Å²) >= 11 is 1.52. The normalized spacial score (nSPS) is 17.1. The fourth-order valence-electron chi connectivity index (χ4n) is 3.20. The van der Waals surface area contributed by atoms with Crippen LogP contribution in [0.1, 0.15) is 18.4 Å². The zero-order valence-corrected chi connectivity index (χ0v) is 15.5. The van der Waals surface area contributed by atoms with Gasteiger partial charge in [-0.3, -0.25) is 9.36 Å². The summed E-state index contributed by atoms with van der Waals surface area (Å²) in [7, 11) is 0. The maximum absolute atomic E-state index is 13.0. The molecule has 0 aliphatic carbocycles. The minimum atomic E-state index is -0.274. The van der Waals surface area contributed by atoms with E-state index in [1.165, 1.54) is 23.5 Å². The van der Waals surface area contributed by atoms with E-state index in [-0.39, 0.29) is 17.6 Å². The van der Waals surface area contributed by atoms with Gasteiger partial charge in [0.1, 0.15) is 5.82 Å². The van der Waals surface area contributed by atoms with Gasteiger partial charge in [-0.15, -0.1) is 10.2 Å². The van der Waals surface area contributed by atoms with E-state index >= 15 is 0 Å². The first-order chi connectivity index (χ1) is 13.2. The van der Waals surface area contributed by atoms with Crippen LogP contribution in [-0.4, -0.2) is 33.8 Å². The second-order valence-electron chi connectivity index (χ2n) is 6.59. The number of nitrogens with one attached hydrogen (secondary N) is 1. The molecule has 1 atom stereocenters. The molecule has 1 aromatic carbocycles. The lowest BCUT2D eigenvalue weighted by Crippen LogP contribution is -2.43. The van der Waals surface area contributed by atoms with Crippen LogP contribution < -0.4 is 10.2 Å². The number of nitrogens with zero attached hydrogens (tertiary/aromatic N) is 4. The molecule has 1 saturated heterocycles. The van der Waals surface area contributed by atoms with Crippen molar-refractivity contribution in [2.75, 3.05) is 18.0 Å². The molecular formula is C19H20FN5OS. The summed E-state index contributed by atoms with van der Waals surface area (Å²) in [6, 6.07) is 10.1. The number of amides is 1. The number of anilines is 1. The molecule has 1 aliphatic rings. The van der Waals surface area contributed by atoms with Gasteiger partial charge in [0, 0.05) is 32.0 Å². The Balaban J connectivity index is 1.36. The quantitative estimate of drug-likeness (QED) is 0.733. The van der Waals surface area contributed by atoms with Crippen molar-refractivity contribution >= 4 is 22.4 Å². The van der Waals surface area contributed by atoms with Gasteiger partial charge in [-0.2, -0.15) is 0 Å². The fourth-order valence-corrected chi connectivity index (χ4v) is 4.05. The highest BCUT2D eigenvalue weighted by Crippen LogP contribution is 2.27. The predicted molar refractivity (Wildman–Crippen MR) is 102 cm³/mol. The van der Waals surface area contributed by atoms with E-state index < -0.39 is 0 Å². The van der Waals surface area contributed by atoms with Gasteiger partial charge in [-0.05, 0) is 42.7 Å². The summed E-state index contributed by atoms with van der Waals surface area (Å²) in [6.45, 7) is 1.92. The van der Waals surface area contributed by atoms with E-state index in [1.807, 2.05) is 29.1 Å². The van der Waals surface area contributed by atoms with E-state index in [9.17, 15) is 9.18 Å². The highest BCUT2D eigenvalue weighted by Gasteiger charge is 2.27. The third kappa shape index (κ3) is 4.16. The molecule has 0 spiro atoms. The maximum Gasteiger partial charge on any atom is 0.225 e. The molecule has 4 rings (SSSR count). The summed E-state index contributed by atoms with van der Waals surface area (Å²) in [4.78, 5) is 14.7. The van der Waals surface area contributed by atoms with Crippen LogP contribution in [0.3, 0.4) is 0 Å². The van der Waals surface area contributed by atoms with Gasteiger partial charge in [0.15, 0.2) is 0 Å². The van der Waals surface area contributed by atoms with Crippen molar-refractivity contribution in [3.63, 3.8) is 0 Å². The van der Waals surface area contributed by atoms with Crippen LogP contribution in [0.2, 0.25) is 0 Å². The third-order valence-electron chi connectivity index (χ3n) is 4.67. The van der Waals surface area contributed by atoms with Gasteiger partial charge in [0.25, 0.3) is 0 Å². The Morgan fingerprint density at radius 3 is 2.70 bits per heavy atom. The molecule has 1 amide bonds. The van der Waals surface area contributed by atoms with Gasteiger partial charge < -0.3 is 10.2 Å². The monoisotopic (exact) mass is 385 g/mol. The molecule has 6 nitrogen and oxygen atoms in total. The molecule has 27 heavy (non-hydrogen) atoms. The molecule has 0 saturated carbocycles. The van der Waals surface area contributed by atoms with Crippen LogP contribution in [-0.2, 0) is 11.3 Å². The number of piperidine rings is 1. The van der Waals surface area contributed by atoms with Crippen molar-refractivity contribution < 1.29 is 9.18 Å². The lowest BCUT2D eigenvalue weighted by Gasteiger charge is -2.31. The maximum atomic E-state index is 13.0. The van der Waals surface area contributed by atoms with Crippen LogP contribution in [0.15, 0.2) is 48.8 Å². The van der Waals surface area contributed by atoms with Crippen molar-refractivity contribution in [1.29, 1.82) is 0 Å². The first-order valence-electron chi connectivity index (χ1n) is 8.93. The number of halogens is 1. The third-order valence-corrected chi connectivity index (χ3v) is 5.67. The Morgan fingerprint density at radius 2 is 1.93 bits per heavy atom. The van der Waals surface area contributed by atoms with Crippen LogP contribution in [0.4, 0.5) is 9.52 Å². The number of rotatable bonds is 5. The highest BCUT2D eigenvalue weighted by atomic mass is 32.1. The molecule has 3 heterocycles. The second-order valence-corrected chi connectivity index (χ2v) is 7.52. The molecule has 1 N–H and O–H groups in total. The van der Waals surface area contributed by atoms with Crippen LogP contribution >= 0.6 is 11.3 Å². The zero-order chi connectivity index (χ0) is 18.6. The lowest BCUT2D eigenvalue weighted by molar-refractivity contribution is -0.125. The van der Waals surface area contributed by atoms with Crippen molar-refractivity contribution in [3.05, 3.63) is 60.2 Å². The SMILES string of the molecule is O=C(NCc1ccc(F)cc1)[C@@H]1CCCN(c2nnc(-n3cccc3)s2)C1. The van der Waals surface area contributed by atoms with Crippen LogP contribution in [0.25, 0.3) is 5.13 Å². The standard InChI is InChI=1S/C19H20FN5OS/c20-16-7-5-14(6-8-16)12-21-17(26)15-4-3-11-25(13-15)19-23-22-18(27-19)24-9-1-2-10-24/h1-2,5-10,15H,3-4,11-13H2,(H,21,26)/t15-/m1/s1. The fraction of sp³-hybridized carbons (Fsp3) is 0.316. The van der Waals surface area contributed by atoms with E-state index in [0.717, 1.165) is 35.2 Å². The number of benzene rings is 1. The van der Waals surface area contributed by atoms with E-state index in [0.29, 0.717) is 13.1 Å². The first kappa shape index (κ1) is 17.7. The van der Waals surface area contributed by atoms with E-state index in [1.54, 1.807) is 12.1 Å². The number of hydrogen-bond donors (Lipinski definition) is 1. The smallest absolute Gasteiger partial charge is 0.225 e. The molecular weight excluding hydrogens is 365 g/mol. The Bertz CT molecular complexity index is 893. The van der Waals surface area contributed by atoms with Crippen molar-refractivity contribution in [1.82, 2.24) is 20.1 Å². The summed E-state index contributed by atoms with van der Waals surface area (Å²) in [6.07, 6.45) is 5.67. The van der Waals surface area contributed by atoms with Gasteiger partial charge in [0.2, 0.25) is 16.2 Å². The topological polar surface area (TPSA) is 63.1 Å². The summed E-state index contributed by atoms with van der Waals surface area (Å²) in [5.74, 6) is -0.332. The molecule has 1 aliphatic heterocycles. The van der Waals surface area contributed by atoms with Crippen molar-refractivity contribution in [2.45, 2.75) is 19.4 Å². The van der Waals surface area contributed by atoms with E-state index in [4.69, 9.17) is 0 Å². The van der Waals surface area contributed by atoms with Crippen LogP contribution in [0, 0.1) is 11.7 Å². The number of aromatic nitrogens is 3. The molecule has 8 heteroatoms. The Labute approximate surface area is 160 Å². The second kappa shape index (κ2) is 7.87. The molecule has 140 valence electrons. The summed E-state index contributed by atoms with van der Waals surface area (Å²) in [5, 5.41) is 13.2. The Kier molecular flexibility index (Phi) is 5.15. The predicted octanol–water partition coefficient (Wildman–Crippen LogP) is 3.00. The minimum absolute atomic E-state index is 0.0270. The number of hydrogen-bond acceptors (Lipinski definition) is 5. The highest BCUT2D eigenvalue weighted by molar-refractivity contribution is 7.17. The zero-order valence-electron chi connectivity index (χ0n) is 14.7. The first-order valence-corrected chi connectivity index (χ1v) is 9.74. The molecule has 3 aromatic rings. The van der Waals surface area contributed by atoms with Gasteiger partial charge >= 0.3 is 0 Å². The number of carbonyl (C=O) groups is 1. The van der Waals surface area contributed by atoms with Crippen LogP contribution in [0.5, 0.6) is 0 Å². The molecule has 1 fully saturated rings. The van der Waals surface area contributed by atoms with Crippen molar-refractivity contribution in [2.24, 2.45) is 5.92 Å². The summed E-state index contributed by atoms with van der Waals surface area (Å²) in [5.41, 5.74) is 0.887.